The average Bonchev–Trinajstić information content (AvgIpc) is 2.43. The average molecular weight is 323 g/mol. The predicted octanol–water partition coefficient (Wildman–Crippen LogP) is 2.51. The van der Waals surface area contributed by atoms with Gasteiger partial charge in [-0.25, -0.2) is 8.42 Å². The minimum absolute atomic E-state index is 0.0376. The molecule has 0 unspecified atom stereocenters. The molecule has 0 atom stereocenters. The molecule has 0 aliphatic carbocycles. The number of rotatable bonds is 6. The maximum atomic E-state index is 12.0. The second-order valence-corrected chi connectivity index (χ2v) is 7.54. The fourth-order valence-electron chi connectivity index (χ4n) is 1.59. The Kier molecular flexibility index (Phi) is 5.08. The normalized spacial score (nSPS) is 11.3. The predicted molar refractivity (Wildman–Crippen MR) is 88.0 cm³/mol. The largest absolute Gasteiger partial charge is 0.399 e. The van der Waals surface area contributed by atoms with Crippen molar-refractivity contribution in [3.05, 3.63) is 48.3 Å². The van der Waals surface area contributed by atoms with Gasteiger partial charge >= 0.3 is 0 Å². The quantitative estimate of drug-likeness (QED) is 0.630. The van der Waals surface area contributed by atoms with E-state index in [-0.39, 0.29) is 5.75 Å². The molecule has 0 spiro atoms. The molecule has 0 amide bonds. The first-order valence-electron chi connectivity index (χ1n) is 6.36. The minimum Gasteiger partial charge on any atom is -0.399 e. The summed E-state index contributed by atoms with van der Waals surface area (Å²) in [4.78, 5) is 5.05. The van der Waals surface area contributed by atoms with Crippen molar-refractivity contribution in [3.8, 4) is 0 Å². The highest BCUT2D eigenvalue weighted by Gasteiger charge is 2.10. The number of thioether (sulfide) groups is 1. The van der Waals surface area contributed by atoms with Crippen LogP contribution in [0.2, 0.25) is 0 Å². The standard InChI is InChI=1S/C14H17N3O2S2/c1-11-2-5-13(10-16-11)17-21(18,19)9-8-20-14-6-3-12(15)4-7-14/h2-7,10,17H,8-9,15H2,1H3. The van der Waals surface area contributed by atoms with Gasteiger partial charge in [0.15, 0.2) is 0 Å². The Hall–Kier alpha value is -1.73. The van der Waals surface area contributed by atoms with Crippen molar-refractivity contribution >= 4 is 33.2 Å². The Balaban J connectivity index is 1.86. The lowest BCUT2D eigenvalue weighted by molar-refractivity contribution is 0.602. The van der Waals surface area contributed by atoms with Crippen LogP contribution in [0.15, 0.2) is 47.5 Å². The van der Waals surface area contributed by atoms with Crippen molar-refractivity contribution in [2.24, 2.45) is 0 Å². The minimum atomic E-state index is -3.36. The Bertz CT molecular complexity index is 683. The van der Waals surface area contributed by atoms with E-state index in [0.29, 0.717) is 17.1 Å². The molecule has 1 aromatic heterocycles. The van der Waals surface area contributed by atoms with Gasteiger partial charge < -0.3 is 5.73 Å². The Morgan fingerprint density at radius 3 is 2.52 bits per heavy atom. The maximum absolute atomic E-state index is 12.0. The van der Waals surface area contributed by atoms with E-state index < -0.39 is 10.0 Å². The summed E-state index contributed by atoms with van der Waals surface area (Å²) in [6, 6.07) is 10.8. The molecule has 2 rings (SSSR count). The van der Waals surface area contributed by atoms with Crippen LogP contribution < -0.4 is 10.5 Å². The van der Waals surface area contributed by atoms with Gasteiger partial charge in [0.25, 0.3) is 0 Å². The summed E-state index contributed by atoms with van der Waals surface area (Å²) >= 11 is 1.48. The molecule has 0 fully saturated rings. The second-order valence-electron chi connectivity index (χ2n) is 4.53. The first kappa shape index (κ1) is 15.7. The van der Waals surface area contributed by atoms with Crippen LogP contribution in [-0.2, 0) is 10.0 Å². The number of anilines is 2. The molecule has 0 aliphatic heterocycles. The zero-order chi connectivity index (χ0) is 15.3. The van der Waals surface area contributed by atoms with Crippen LogP contribution in [0.4, 0.5) is 11.4 Å². The van der Waals surface area contributed by atoms with Crippen molar-refractivity contribution in [2.75, 3.05) is 22.0 Å². The SMILES string of the molecule is Cc1ccc(NS(=O)(=O)CCSc2ccc(N)cc2)cn1. The zero-order valence-corrected chi connectivity index (χ0v) is 13.2. The number of nitrogens with one attached hydrogen (secondary N) is 1. The summed E-state index contributed by atoms with van der Waals surface area (Å²) in [6.45, 7) is 1.85. The fourth-order valence-corrected chi connectivity index (χ4v) is 3.95. The van der Waals surface area contributed by atoms with Gasteiger partial charge in [-0.05, 0) is 43.3 Å². The topological polar surface area (TPSA) is 85.1 Å². The van der Waals surface area contributed by atoms with E-state index in [0.717, 1.165) is 10.6 Å². The summed E-state index contributed by atoms with van der Waals surface area (Å²) in [5, 5.41) is 0. The third kappa shape index (κ3) is 5.28. The highest BCUT2D eigenvalue weighted by Crippen LogP contribution is 2.19. The second kappa shape index (κ2) is 6.82. The molecule has 0 saturated heterocycles. The first-order chi connectivity index (χ1) is 9.94. The number of hydrogen-bond donors (Lipinski definition) is 2. The van der Waals surface area contributed by atoms with E-state index in [2.05, 4.69) is 9.71 Å². The summed E-state index contributed by atoms with van der Waals surface area (Å²) in [7, 11) is -3.36. The lowest BCUT2D eigenvalue weighted by atomic mass is 10.3. The van der Waals surface area contributed by atoms with Gasteiger partial charge in [0.05, 0.1) is 17.6 Å². The lowest BCUT2D eigenvalue weighted by Gasteiger charge is -2.08. The Morgan fingerprint density at radius 2 is 1.90 bits per heavy atom. The molecule has 0 saturated carbocycles. The number of benzene rings is 1. The van der Waals surface area contributed by atoms with E-state index >= 15 is 0 Å². The molecule has 112 valence electrons. The molecule has 21 heavy (non-hydrogen) atoms. The number of sulfonamides is 1. The number of nitrogen functional groups attached to an aromatic ring is 1. The molecule has 0 bridgehead atoms. The van der Waals surface area contributed by atoms with E-state index in [9.17, 15) is 8.42 Å². The summed E-state index contributed by atoms with van der Waals surface area (Å²) < 4.78 is 26.4. The van der Waals surface area contributed by atoms with Gasteiger partial charge in [0.2, 0.25) is 10.0 Å². The maximum Gasteiger partial charge on any atom is 0.233 e. The summed E-state index contributed by atoms with van der Waals surface area (Å²) in [5.41, 5.74) is 7.62. The van der Waals surface area contributed by atoms with E-state index in [1.54, 1.807) is 24.3 Å². The molecule has 7 heteroatoms. The van der Waals surface area contributed by atoms with E-state index in [4.69, 9.17) is 5.73 Å². The van der Waals surface area contributed by atoms with Crippen LogP contribution in [-0.4, -0.2) is 24.9 Å². The number of aromatic nitrogens is 1. The van der Waals surface area contributed by atoms with Crippen molar-refractivity contribution in [3.63, 3.8) is 0 Å². The molecular formula is C14H17N3O2S2. The molecule has 1 aromatic carbocycles. The third-order valence-electron chi connectivity index (χ3n) is 2.69. The highest BCUT2D eigenvalue weighted by molar-refractivity contribution is 8.01. The van der Waals surface area contributed by atoms with Gasteiger partial charge in [0.1, 0.15) is 0 Å². The smallest absolute Gasteiger partial charge is 0.233 e. The molecule has 3 N–H and O–H groups in total. The lowest BCUT2D eigenvalue weighted by Crippen LogP contribution is -2.18. The monoisotopic (exact) mass is 323 g/mol. The van der Waals surface area contributed by atoms with Gasteiger partial charge in [-0.15, -0.1) is 11.8 Å². The molecule has 5 nitrogen and oxygen atoms in total. The third-order valence-corrected chi connectivity index (χ3v) is 5.25. The molecule has 0 radical (unpaired) electrons. The van der Waals surface area contributed by atoms with Crippen molar-refractivity contribution in [2.45, 2.75) is 11.8 Å². The van der Waals surface area contributed by atoms with Crippen LogP contribution in [0.5, 0.6) is 0 Å². The van der Waals surface area contributed by atoms with Crippen LogP contribution in [0.3, 0.4) is 0 Å². The van der Waals surface area contributed by atoms with Crippen LogP contribution in [0, 0.1) is 6.92 Å². The fraction of sp³-hybridized carbons (Fsp3) is 0.214. The Morgan fingerprint density at radius 1 is 1.19 bits per heavy atom. The number of hydrogen-bond acceptors (Lipinski definition) is 5. The number of pyridine rings is 1. The summed E-state index contributed by atoms with van der Waals surface area (Å²) in [5.74, 6) is 0.508. The van der Waals surface area contributed by atoms with Crippen molar-refractivity contribution < 1.29 is 8.42 Å². The van der Waals surface area contributed by atoms with E-state index in [1.165, 1.54) is 18.0 Å². The number of aryl methyl sites for hydroxylation is 1. The van der Waals surface area contributed by atoms with Gasteiger partial charge in [-0.2, -0.15) is 0 Å². The van der Waals surface area contributed by atoms with Gasteiger partial charge in [0, 0.05) is 22.0 Å². The van der Waals surface area contributed by atoms with Crippen LogP contribution in [0.1, 0.15) is 5.69 Å². The molecule has 2 aromatic rings. The van der Waals surface area contributed by atoms with Crippen molar-refractivity contribution in [1.82, 2.24) is 4.98 Å². The van der Waals surface area contributed by atoms with Crippen molar-refractivity contribution in [1.29, 1.82) is 0 Å². The highest BCUT2D eigenvalue weighted by atomic mass is 32.2. The Labute approximate surface area is 129 Å². The van der Waals surface area contributed by atoms with Gasteiger partial charge in [-0.3, -0.25) is 9.71 Å². The summed E-state index contributed by atoms with van der Waals surface area (Å²) in [6.07, 6.45) is 1.51. The molecule has 0 aliphatic rings. The number of nitrogens with two attached hydrogens (primary N) is 1. The van der Waals surface area contributed by atoms with Crippen LogP contribution in [0.25, 0.3) is 0 Å². The van der Waals surface area contributed by atoms with Gasteiger partial charge in [-0.1, -0.05) is 0 Å². The first-order valence-corrected chi connectivity index (χ1v) is 9.00. The zero-order valence-electron chi connectivity index (χ0n) is 11.6. The molecular weight excluding hydrogens is 306 g/mol. The molecule has 1 heterocycles. The van der Waals surface area contributed by atoms with Crippen LogP contribution >= 0.6 is 11.8 Å². The van der Waals surface area contributed by atoms with E-state index in [1.807, 2.05) is 19.1 Å². The number of nitrogens with zero attached hydrogens (tertiary/aromatic N) is 1.